The zero-order chi connectivity index (χ0) is 9.56. The Kier molecular flexibility index (Phi) is 3.94. The maximum atomic E-state index is 10.3. The molecule has 0 unspecified atom stereocenters. The van der Waals surface area contributed by atoms with Gasteiger partial charge < -0.3 is 22.0 Å². The number of aromatic hydroxyl groups is 1. The molecule has 0 aliphatic carbocycles. The van der Waals surface area contributed by atoms with Gasteiger partial charge in [-0.15, -0.1) is 0 Å². The molecule has 1 rings (SSSR count). The largest absolute Gasteiger partial charge is 0.512 e. The van der Waals surface area contributed by atoms with Crippen molar-refractivity contribution in [2.75, 3.05) is 0 Å². The van der Waals surface area contributed by atoms with Gasteiger partial charge in [-0.25, -0.2) is 4.79 Å². The summed E-state index contributed by atoms with van der Waals surface area (Å²) in [6, 6.07) is 5.81. The zero-order valence-electron chi connectivity index (χ0n) is 6.06. The van der Waals surface area contributed by atoms with Crippen molar-refractivity contribution in [3.8, 4) is 5.75 Å². The Morgan fingerprint density at radius 3 is 2.17 bits per heavy atom. The summed E-state index contributed by atoms with van der Waals surface area (Å²) in [5.41, 5.74) is -0.0671. The fourth-order valence-corrected chi connectivity index (χ4v) is 0.654. The summed E-state index contributed by atoms with van der Waals surface area (Å²) in [5.74, 6) is -1.31. The number of carboxylic acids is 1. The number of carboxylic acid groups (broad SMARTS) is 1. The predicted octanol–water partition coefficient (Wildman–Crippen LogP) is 1.19. The molecule has 62 valence electrons. The highest BCUT2D eigenvalue weighted by Gasteiger charge is 2.05. The van der Waals surface area contributed by atoms with E-state index in [9.17, 15) is 4.79 Å². The molecule has 0 bridgehead atoms. The van der Waals surface area contributed by atoms with Crippen molar-refractivity contribution in [3.63, 3.8) is 0 Å². The van der Waals surface area contributed by atoms with Crippen molar-refractivity contribution in [1.82, 2.24) is 0 Å². The van der Waals surface area contributed by atoms with Crippen LogP contribution in [-0.4, -0.2) is 16.2 Å². The molecule has 0 saturated heterocycles. The van der Waals surface area contributed by atoms with Gasteiger partial charge in [-0.1, -0.05) is 12.1 Å². The summed E-state index contributed by atoms with van der Waals surface area (Å²) in [5, 5.41) is 23.6. The number of aromatic carboxylic acids is 1. The summed E-state index contributed by atoms with van der Waals surface area (Å²) in [6.07, 6.45) is 0. The predicted molar refractivity (Wildman–Crippen MR) is 40.0 cm³/mol. The summed E-state index contributed by atoms with van der Waals surface area (Å²) in [7, 11) is 0. The third-order valence-electron chi connectivity index (χ3n) is 1.13. The minimum atomic E-state index is -1.11. The van der Waals surface area contributed by atoms with Crippen molar-refractivity contribution in [2.45, 2.75) is 0 Å². The number of phenols is 1. The standard InChI is InChI=1S/C7H6O3.CN/c8-6-4-2-1-3-5(6)7(9)10;1-2/h1-4,8H,(H,9,10);/q;-1. The number of benzene rings is 1. The Morgan fingerprint density at radius 1 is 1.33 bits per heavy atom. The van der Waals surface area contributed by atoms with Crippen molar-refractivity contribution in [2.24, 2.45) is 0 Å². The van der Waals surface area contributed by atoms with Crippen LogP contribution in [0.4, 0.5) is 0 Å². The first kappa shape index (κ1) is 9.98. The quantitative estimate of drug-likeness (QED) is 0.610. The topological polar surface area (TPSA) is 81.3 Å². The second-order valence-electron chi connectivity index (χ2n) is 1.82. The number of hydrogen-bond acceptors (Lipinski definition) is 3. The number of hydrogen-bond donors (Lipinski definition) is 2. The van der Waals surface area contributed by atoms with Gasteiger partial charge in [-0.2, -0.15) is 0 Å². The molecule has 0 amide bonds. The first-order valence-corrected chi connectivity index (χ1v) is 2.95. The van der Waals surface area contributed by atoms with Crippen molar-refractivity contribution in [1.29, 1.82) is 5.26 Å². The summed E-state index contributed by atoms with van der Waals surface area (Å²) in [4.78, 5) is 10.3. The molecule has 0 saturated carbocycles. The van der Waals surface area contributed by atoms with Gasteiger partial charge in [0.1, 0.15) is 11.3 Å². The molecule has 0 spiro atoms. The van der Waals surface area contributed by atoms with Gasteiger partial charge in [0.25, 0.3) is 0 Å². The molecule has 0 aliphatic heterocycles. The van der Waals surface area contributed by atoms with E-state index < -0.39 is 5.97 Å². The fourth-order valence-electron chi connectivity index (χ4n) is 0.654. The second-order valence-corrected chi connectivity index (χ2v) is 1.82. The molecule has 0 aliphatic rings. The van der Waals surface area contributed by atoms with Gasteiger partial charge >= 0.3 is 5.97 Å². The molecular weight excluding hydrogens is 158 g/mol. The van der Waals surface area contributed by atoms with E-state index in [1.54, 1.807) is 12.1 Å². The molecular formula is C8H6NO3-. The first-order chi connectivity index (χ1) is 5.72. The van der Waals surface area contributed by atoms with Crippen LogP contribution in [0.25, 0.3) is 0 Å². The Hall–Kier alpha value is -2.02. The summed E-state index contributed by atoms with van der Waals surface area (Å²) in [6.45, 7) is 4.75. The van der Waals surface area contributed by atoms with Crippen molar-refractivity contribution >= 4 is 5.97 Å². The molecule has 0 atom stereocenters. The minimum Gasteiger partial charge on any atom is -0.512 e. The smallest absolute Gasteiger partial charge is 0.339 e. The lowest BCUT2D eigenvalue weighted by atomic mass is 10.2. The van der Waals surface area contributed by atoms with Gasteiger partial charge in [0.2, 0.25) is 0 Å². The van der Waals surface area contributed by atoms with Crippen molar-refractivity contribution < 1.29 is 15.0 Å². The van der Waals surface area contributed by atoms with Crippen LogP contribution in [0.5, 0.6) is 5.75 Å². The summed E-state index contributed by atoms with van der Waals surface area (Å²) >= 11 is 0. The lowest BCUT2D eigenvalue weighted by Crippen LogP contribution is -1.95. The molecule has 0 radical (unpaired) electrons. The van der Waals surface area contributed by atoms with Gasteiger partial charge in [0.15, 0.2) is 0 Å². The van der Waals surface area contributed by atoms with Gasteiger partial charge in [0.05, 0.1) is 0 Å². The maximum Gasteiger partial charge on any atom is 0.339 e. The van der Waals surface area contributed by atoms with Crippen molar-refractivity contribution in [3.05, 3.63) is 36.4 Å². The van der Waals surface area contributed by atoms with Crippen LogP contribution in [0.2, 0.25) is 0 Å². The number of rotatable bonds is 1. The molecule has 0 aromatic heterocycles. The highest BCUT2D eigenvalue weighted by molar-refractivity contribution is 5.90. The molecule has 0 heterocycles. The third kappa shape index (κ3) is 2.31. The molecule has 4 nitrogen and oxygen atoms in total. The van der Waals surface area contributed by atoms with Crippen LogP contribution in [0, 0.1) is 11.8 Å². The molecule has 2 N–H and O–H groups in total. The van der Waals surface area contributed by atoms with Crippen LogP contribution in [0.15, 0.2) is 24.3 Å². The average molecular weight is 164 g/mol. The number of nitrogens with zero attached hydrogens (tertiary/aromatic N) is 1. The average Bonchev–Trinajstić information content (AvgIpc) is 2.08. The van der Waals surface area contributed by atoms with E-state index in [-0.39, 0.29) is 11.3 Å². The number of carbonyl (C=O) groups is 1. The lowest BCUT2D eigenvalue weighted by molar-refractivity contribution is 0.0694. The Morgan fingerprint density at radius 2 is 1.83 bits per heavy atom. The van der Waals surface area contributed by atoms with E-state index >= 15 is 0 Å². The highest BCUT2D eigenvalue weighted by Crippen LogP contribution is 2.14. The highest BCUT2D eigenvalue weighted by atomic mass is 16.4. The lowest BCUT2D eigenvalue weighted by Gasteiger charge is -1.95. The van der Waals surface area contributed by atoms with Gasteiger partial charge in [-0.3, -0.25) is 0 Å². The molecule has 0 fully saturated rings. The molecule has 12 heavy (non-hydrogen) atoms. The molecule has 1 aromatic rings. The number of para-hydroxylation sites is 1. The monoisotopic (exact) mass is 164 g/mol. The van der Waals surface area contributed by atoms with Crippen LogP contribution in [0.3, 0.4) is 0 Å². The normalized spacial score (nSPS) is 7.83. The first-order valence-electron chi connectivity index (χ1n) is 2.95. The van der Waals surface area contributed by atoms with Crippen LogP contribution in [0.1, 0.15) is 10.4 Å². The van der Waals surface area contributed by atoms with Crippen LogP contribution in [-0.2, 0) is 0 Å². The SMILES string of the molecule is O=C(O)c1ccccc1O.[C-]#N. The van der Waals surface area contributed by atoms with E-state index in [1.807, 2.05) is 0 Å². The van der Waals surface area contributed by atoms with E-state index in [0.29, 0.717) is 0 Å². The zero-order valence-corrected chi connectivity index (χ0v) is 6.06. The van der Waals surface area contributed by atoms with E-state index in [4.69, 9.17) is 22.0 Å². The van der Waals surface area contributed by atoms with E-state index in [2.05, 4.69) is 0 Å². The molecule has 1 aromatic carbocycles. The Bertz CT molecular complexity index is 293. The Balaban J connectivity index is 0.000000561. The fraction of sp³-hybridized carbons (Fsp3) is 0. The maximum absolute atomic E-state index is 10.3. The summed E-state index contributed by atoms with van der Waals surface area (Å²) < 4.78 is 0. The molecule has 4 heteroatoms. The van der Waals surface area contributed by atoms with E-state index in [1.165, 1.54) is 12.1 Å². The van der Waals surface area contributed by atoms with Crippen LogP contribution < -0.4 is 0 Å². The third-order valence-corrected chi connectivity index (χ3v) is 1.13. The van der Waals surface area contributed by atoms with E-state index in [0.717, 1.165) is 0 Å². The van der Waals surface area contributed by atoms with Crippen LogP contribution >= 0.6 is 0 Å². The second kappa shape index (κ2) is 4.74. The van der Waals surface area contributed by atoms with Gasteiger partial charge in [0, 0.05) is 0 Å². The Labute approximate surface area is 69.3 Å². The van der Waals surface area contributed by atoms with Gasteiger partial charge in [-0.05, 0) is 12.1 Å². The minimum absolute atomic E-state index is 0.0671.